The molecule has 1 saturated heterocycles. The number of aromatic nitrogens is 2. The topological polar surface area (TPSA) is 49.3 Å². The van der Waals surface area contributed by atoms with Gasteiger partial charge in [0, 0.05) is 47.7 Å². The summed E-state index contributed by atoms with van der Waals surface area (Å²) in [5.41, 5.74) is 1.87. The molecule has 0 spiro atoms. The van der Waals surface area contributed by atoms with Crippen molar-refractivity contribution in [2.75, 3.05) is 36.8 Å². The molecule has 7 heteroatoms. The Morgan fingerprint density at radius 2 is 1.69 bits per heavy atom. The zero-order valence-corrected chi connectivity index (χ0v) is 17.4. The van der Waals surface area contributed by atoms with Gasteiger partial charge in [0.05, 0.1) is 11.4 Å². The van der Waals surface area contributed by atoms with Gasteiger partial charge < -0.3 is 9.80 Å². The Morgan fingerprint density at radius 1 is 0.966 bits per heavy atom. The van der Waals surface area contributed by atoms with E-state index in [0.29, 0.717) is 23.9 Å². The fourth-order valence-corrected chi connectivity index (χ4v) is 4.18. The summed E-state index contributed by atoms with van der Waals surface area (Å²) in [5.74, 6) is 1.54. The molecule has 1 aliphatic rings. The highest BCUT2D eigenvalue weighted by Gasteiger charge is 2.22. The summed E-state index contributed by atoms with van der Waals surface area (Å²) in [5, 5.41) is 0.703. The molecule has 0 bridgehead atoms. The van der Waals surface area contributed by atoms with Crippen LogP contribution in [0, 0.1) is 0 Å². The quantitative estimate of drug-likeness (QED) is 0.573. The number of nitrogens with zero attached hydrogens (tertiary/aromatic N) is 4. The van der Waals surface area contributed by atoms with Gasteiger partial charge in [0.2, 0.25) is 5.91 Å². The van der Waals surface area contributed by atoms with Crippen molar-refractivity contribution in [3.05, 3.63) is 72.0 Å². The van der Waals surface area contributed by atoms with E-state index in [9.17, 15) is 4.79 Å². The van der Waals surface area contributed by atoms with Gasteiger partial charge in [-0.05, 0) is 24.3 Å². The molecule has 0 aliphatic carbocycles. The third kappa shape index (κ3) is 5.08. The second-order valence-electron chi connectivity index (χ2n) is 6.74. The van der Waals surface area contributed by atoms with Gasteiger partial charge in [0.1, 0.15) is 12.1 Å². The van der Waals surface area contributed by atoms with Crippen LogP contribution in [0.5, 0.6) is 0 Å². The van der Waals surface area contributed by atoms with Crippen LogP contribution in [0.2, 0.25) is 5.02 Å². The second-order valence-corrected chi connectivity index (χ2v) is 8.22. The first-order chi connectivity index (χ1) is 14.2. The molecular weight excluding hydrogens is 404 g/mol. The van der Waals surface area contributed by atoms with E-state index in [4.69, 9.17) is 11.6 Å². The molecule has 0 unspecified atom stereocenters. The van der Waals surface area contributed by atoms with Gasteiger partial charge in [0.15, 0.2) is 0 Å². The van der Waals surface area contributed by atoms with E-state index in [1.54, 1.807) is 18.1 Å². The van der Waals surface area contributed by atoms with Crippen LogP contribution in [0.4, 0.5) is 5.82 Å². The van der Waals surface area contributed by atoms with Crippen LogP contribution in [0.1, 0.15) is 0 Å². The van der Waals surface area contributed by atoms with Crippen LogP contribution in [-0.2, 0) is 4.79 Å². The van der Waals surface area contributed by atoms with E-state index in [0.717, 1.165) is 35.1 Å². The molecule has 1 fully saturated rings. The molecule has 2 heterocycles. The molecule has 2 aromatic carbocycles. The number of hydrogen-bond donors (Lipinski definition) is 0. The predicted octanol–water partition coefficient (Wildman–Crippen LogP) is 4.24. The highest BCUT2D eigenvalue weighted by atomic mass is 35.5. The van der Waals surface area contributed by atoms with Crippen molar-refractivity contribution in [3.8, 4) is 11.3 Å². The molecule has 0 saturated carbocycles. The summed E-state index contributed by atoms with van der Waals surface area (Å²) in [7, 11) is 0. The van der Waals surface area contributed by atoms with Crippen LogP contribution in [0.3, 0.4) is 0 Å². The molecule has 0 N–H and O–H groups in total. The maximum absolute atomic E-state index is 12.5. The lowest BCUT2D eigenvalue weighted by Crippen LogP contribution is -2.49. The van der Waals surface area contributed by atoms with Gasteiger partial charge in [-0.15, -0.1) is 11.8 Å². The van der Waals surface area contributed by atoms with Crippen LogP contribution in [0.25, 0.3) is 11.3 Å². The first-order valence-corrected chi connectivity index (χ1v) is 10.8. The third-order valence-corrected chi connectivity index (χ3v) is 6.10. The van der Waals surface area contributed by atoms with Gasteiger partial charge in [-0.1, -0.05) is 41.9 Å². The van der Waals surface area contributed by atoms with E-state index in [1.807, 2.05) is 65.6 Å². The monoisotopic (exact) mass is 424 g/mol. The maximum atomic E-state index is 12.5. The van der Waals surface area contributed by atoms with E-state index in [-0.39, 0.29) is 5.91 Å². The lowest BCUT2D eigenvalue weighted by Gasteiger charge is -2.35. The molecule has 0 atom stereocenters. The highest BCUT2D eigenvalue weighted by Crippen LogP contribution is 2.23. The molecule has 148 valence electrons. The zero-order valence-electron chi connectivity index (χ0n) is 15.9. The minimum absolute atomic E-state index is 0.183. The van der Waals surface area contributed by atoms with Crippen LogP contribution >= 0.6 is 23.4 Å². The number of carbonyl (C=O) groups excluding carboxylic acids is 1. The summed E-state index contributed by atoms with van der Waals surface area (Å²) in [6.07, 6.45) is 1.59. The first kappa shape index (κ1) is 19.7. The molecule has 0 radical (unpaired) electrons. The van der Waals surface area contributed by atoms with E-state index in [2.05, 4.69) is 14.9 Å². The predicted molar refractivity (Wildman–Crippen MR) is 118 cm³/mol. The van der Waals surface area contributed by atoms with Gasteiger partial charge in [0.25, 0.3) is 0 Å². The molecule has 3 aromatic rings. The Morgan fingerprint density at radius 3 is 2.41 bits per heavy atom. The van der Waals surface area contributed by atoms with Crippen molar-refractivity contribution >= 4 is 35.1 Å². The molecule has 1 aromatic heterocycles. The number of benzene rings is 2. The lowest BCUT2D eigenvalue weighted by molar-refractivity contribution is -0.128. The SMILES string of the molecule is O=C(CSc1ccccc1)N1CCN(c2cc(-c3ccc(Cl)cc3)ncn2)CC1. The number of thioether (sulfide) groups is 1. The summed E-state index contributed by atoms with van der Waals surface area (Å²) < 4.78 is 0. The summed E-state index contributed by atoms with van der Waals surface area (Å²) in [4.78, 5) is 26.6. The Balaban J connectivity index is 1.34. The number of halogens is 1. The largest absolute Gasteiger partial charge is 0.353 e. The van der Waals surface area contributed by atoms with Gasteiger partial charge >= 0.3 is 0 Å². The Bertz CT molecular complexity index is 960. The van der Waals surface area contributed by atoms with Crippen molar-refractivity contribution in [1.29, 1.82) is 0 Å². The minimum Gasteiger partial charge on any atom is -0.353 e. The normalized spacial score (nSPS) is 14.1. The van der Waals surface area contributed by atoms with Crippen molar-refractivity contribution in [1.82, 2.24) is 14.9 Å². The number of piperazine rings is 1. The van der Waals surface area contributed by atoms with Gasteiger partial charge in [-0.3, -0.25) is 4.79 Å². The average Bonchev–Trinajstić information content (AvgIpc) is 2.79. The minimum atomic E-state index is 0.183. The smallest absolute Gasteiger partial charge is 0.233 e. The number of anilines is 1. The maximum Gasteiger partial charge on any atom is 0.233 e. The molecule has 29 heavy (non-hydrogen) atoms. The fraction of sp³-hybridized carbons (Fsp3) is 0.227. The Hall–Kier alpha value is -2.57. The highest BCUT2D eigenvalue weighted by molar-refractivity contribution is 8.00. The Kier molecular flexibility index (Phi) is 6.32. The van der Waals surface area contributed by atoms with Crippen LogP contribution < -0.4 is 4.90 Å². The van der Waals surface area contributed by atoms with Gasteiger partial charge in [-0.25, -0.2) is 9.97 Å². The standard InChI is InChI=1S/C22H21ClN4OS/c23-18-8-6-17(7-9-18)20-14-21(25-16-24-20)26-10-12-27(13-11-26)22(28)15-29-19-4-2-1-3-5-19/h1-9,14,16H,10-13,15H2. The lowest BCUT2D eigenvalue weighted by atomic mass is 10.1. The third-order valence-electron chi connectivity index (χ3n) is 4.85. The van der Waals surface area contributed by atoms with Crippen LogP contribution in [0.15, 0.2) is 71.9 Å². The average molecular weight is 425 g/mol. The number of amides is 1. The first-order valence-electron chi connectivity index (χ1n) is 9.47. The van der Waals surface area contributed by atoms with E-state index < -0.39 is 0 Å². The van der Waals surface area contributed by atoms with Crippen molar-refractivity contribution in [2.45, 2.75) is 4.90 Å². The zero-order chi connectivity index (χ0) is 20.1. The number of carbonyl (C=O) groups is 1. The fourth-order valence-electron chi connectivity index (χ4n) is 3.24. The molecule has 1 aliphatic heterocycles. The summed E-state index contributed by atoms with van der Waals surface area (Å²) >= 11 is 7.56. The van der Waals surface area contributed by atoms with Crippen molar-refractivity contribution in [3.63, 3.8) is 0 Å². The second kappa shape index (κ2) is 9.29. The Labute approximate surface area is 179 Å². The summed E-state index contributed by atoms with van der Waals surface area (Å²) in [6, 6.07) is 19.6. The van der Waals surface area contributed by atoms with Gasteiger partial charge in [-0.2, -0.15) is 0 Å². The molecule has 1 amide bonds. The van der Waals surface area contributed by atoms with E-state index in [1.165, 1.54) is 0 Å². The van der Waals surface area contributed by atoms with Crippen LogP contribution in [-0.4, -0.2) is 52.7 Å². The van der Waals surface area contributed by atoms with E-state index >= 15 is 0 Å². The van der Waals surface area contributed by atoms with Crippen molar-refractivity contribution < 1.29 is 4.79 Å². The number of rotatable bonds is 5. The summed E-state index contributed by atoms with van der Waals surface area (Å²) in [6.45, 7) is 2.93. The molecular formula is C22H21ClN4OS. The number of hydrogen-bond acceptors (Lipinski definition) is 5. The molecule has 5 nitrogen and oxygen atoms in total. The molecule has 4 rings (SSSR count). The van der Waals surface area contributed by atoms with Crippen molar-refractivity contribution in [2.24, 2.45) is 0 Å².